The van der Waals surface area contributed by atoms with Crippen LogP contribution in [0.1, 0.15) is 22.7 Å². The van der Waals surface area contributed by atoms with Crippen molar-refractivity contribution in [2.24, 2.45) is 0 Å². The van der Waals surface area contributed by atoms with Crippen LogP contribution < -0.4 is 10.1 Å². The van der Waals surface area contributed by atoms with Crippen molar-refractivity contribution in [3.05, 3.63) is 64.7 Å². The van der Waals surface area contributed by atoms with Gasteiger partial charge < -0.3 is 10.1 Å². The molecule has 2 aromatic carbocycles. The molecule has 106 valence electrons. The van der Waals surface area contributed by atoms with Crippen LogP contribution in [0.15, 0.2) is 36.4 Å². The molecule has 2 rings (SSSR count). The summed E-state index contributed by atoms with van der Waals surface area (Å²) >= 11 is 0. The molecule has 0 aliphatic heterocycles. The fourth-order valence-corrected chi connectivity index (χ4v) is 2.35. The Hall–Kier alpha value is -1.94. The minimum absolute atomic E-state index is 0.273. The lowest BCUT2D eigenvalue weighted by Gasteiger charge is -2.19. The fraction of sp³-hybridized carbons (Fsp3) is 0.250. The number of aryl methyl sites for hydroxylation is 1. The Labute approximate surface area is 117 Å². The molecule has 0 bridgehead atoms. The van der Waals surface area contributed by atoms with Crippen molar-refractivity contribution < 1.29 is 13.5 Å². The fourth-order valence-electron chi connectivity index (χ4n) is 2.35. The number of ether oxygens (including phenoxy) is 1. The Morgan fingerprint density at radius 1 is 1.00 bits per heavy atom. The van der Waals surface area contributed by atoms with Gasteiger partial charge in [-0.05, 0) is 48.9 Å². The van der Waals surface area contributed by atoms with E-state index in [1.165, 1.54) is 12.1 Å². The minimum Gasteiger partial charge on any atom is -0.496 e. The van der Waals surface area contributed by atoms with Crippen molar-refractivity contribution in [2.75, 3.05) is 14.2 Å². The number of benzene rings is 2. The summed E-state index contributed by atoms with van der Waals surface area (Å²) < 4.78 is 31.9. The molecule has 0 aromatic heterocycles. The summed E-state index contributed by atoms with van der Waals surface area (Å²) in [6.07, 6.45) is 0. The molecule has 0 radical (unpaired) electrons. The van der Waals surface area contributed by atoms with Crippen molar-refractivity contribution in [1.29, 1.82) is 0 Å². The topological polar surface area (TPSA) is 21.3 Å². The van der Waals surface area contributed by atoms with Crippen LogP contribution in [0.4, 0.5) is 8.78 Å². The molecular formula is C16H17F2NO. The summed E-state index contributed by atoms with van der Waals surface area (Å²) in [5.41, 5.74) is 2.45. The van der Waals surface area contributed by atoms with Gasteiger partial charge in [0.25, 0.3) is 0 Å². The lowest BCUT2D eigenvalue weighted by Crippen LogP contribution is -2.18. The van der Waals surface area contributed by atoms with E-state index < -0.39 is 11.6 Å². The average molecular weight is 277 g/mol. The third-order valence-electron chi connectivity index (χ3n) is 3.26. The van der Waals surface area contributed by atoms with Crippen molar-refractivity contribution in [2.45, 2.75) is 13.0 Å². The van der Waals surface area contributed by atoms with Gasteiger partial charge in [-0.15, -0.1) is 0 Å². The largest absolute Gasteiger partial charge is 0.496 e. The Bertz CT molecular complexity index is 593. The van der Waals surface area contributed by atoms with E-state index in [4.69, 9.17) is 4.74 Å². The van der Waals surface area contributed by atoms with Crippen LogP contribution in [0.25, 0.3) is 0 Å². The van der Waals surface area contributed by atoms with E-state index in [1.807, 2.05) is 25.1 Å². The number of methoxy groups -OCH3 is 1. The van der Waals surface area contributed by atoms with E-state index >= 15 is 0 Å². The van der Waals surface area contributed by atoms with Gasteiger partial charge in [-0.2, -0.15) is 0 Å². The van der Waals surface area contributed by atoms with Gasteiger partial charge in [0.1, 0.15) is 17.4 Å². The third kappa shape index (κ3) is 2.96. The van der Waals surface area contributed by atoms with Gasteiger partial charge in [0.15, 0.2) is 0 Å². The van der Waals surface area contributed by atoms with Crippen LogP contribution >= 0.6 is 0 Å². The highest BCUT2D eigenvalue weighted by Crippen LogP contribution is 2.27. The molecule has 4 heteroatoms. The molecule has 0 saturated carbocycles. The quantitative estimate of drug-likeness (QED) is 0.922. The molecule has 1 N–H and O–H groups in total. The summed E-state index contributed by atoms with van der Waals surface area (Å²) in [5, 5.41) is 3.08. The molecule has 2 nitrogen and oxygen atoms in total. The van der Waals surface area contributed by atoms with Crippen LogP contribution in [-0.4, -0.2) is 14.2 Å². The second-order valence-corrected chi connectivity index (χ2v) is 4.65. The Morgan fingerprint density at radius 3 is 2.15 bits per heavy atom. The highest BCUT2D eigenvalue weighted by Gasteiger charge is 2.15. The van der Waals surface area contributed by atoms with Gasteiger partial charge in [-0.3, -0.25) is 0 Å². The Morgan fingerprint density at radius 2 is 1.65 bits per heavy atom. The van der Waals surface area contributed by atoms with E-state index in [2.05, 4.69) is 5.32 Å². The molecule has 0 spiro atoms. The Kier molecular flexibility index (Phi) is 4.35. The highest BCUT2D eigenvalue weighted by molar-refractivity contribution is 5.40. The van der Waals surface area contributed by atoms with Gasteiger partial charge in [-0.25, -0.2) is 8.78 Å². The van der Waals surface area contributed by atoms with E-state index in [9.17, 15) is 8.78 Å². The first-order chi connectivity index (χ1) is 9.55. The van der Waals surface area contributed by atoms with Crippen LogP contribution in [0.2, 0.25) is 0 Å². The minimum atomic E-state index is -0.578. The van der Waals surface area contributed by atoms with E-state index in [1.54, 1.807) is 14.2 Å². The van der Waals surface area contributed by atoms with Crippen LogP contribution in [-0.2, 0) is 0 Å². The zero-order valence-electron chi connectivity index (χ0n) is 11.7. The zero-order valence-corrected chi connectivity index (χ0v) is 11.7. The van der Waals surface area contributed by atoms with Crippen molar-refractivity contribution in [3.8, 4) is 5.75 Å². The molecule has 0 amide bonds. The van der Waals surface area contributed by atoms with Crippen molar-refractivity contribution in [3.63, 3.8) is 0 Å². The molecule has 1 unspecified atom stereocenters. The maximum absolute atomic E-state index is 13.4. The predicted octanol–water partition coefficient (Wildman–Crippen LogP) is 3.59. The lowest BCUT2D eigenvalue weighted by molar-refractivity contribution is 0.411. The number of hydrogen-bond acceptors (Lipinski definition) is 2. The van der Waals surface area contributed by atoms with E-state index in [-0.39, 0.29) is 6.04 Å². The Balaban J connectivity index is 2.44. The van der Waals surface area contributed by atoms with E-state index in [0.717, 1.165) is 22.9 Å². The monoisotopic (exact) mass is 277 g/mol. The highest BCUT2D eigenvalue weighted by atomic mass is 19.1. The number of nitrogens with one attached hydrogen (secondary N) is 1. The standard InChI is InChI=1S/C16H17F2NO/c1-10-6-11(4-5-15(10)20-3)16(19-2)12-7-13(17)9-14(18)8-12/h4-9,16,19H,1-3H3. The zero-order chi connectivity index (χ0) is 14.7. The lowest BCUT2D eigenvalue weighted by atomic mass is 9.97. The van der Waals surface area contributed by atoms with Gasteiger partial charge in [-0.1, -0.05) is 12.1 Å². The summed E-state index contributed by atoms with van der Waals surface area (Å²) in [7, 11) is 3.37. The first kappa shape index (κ1) is 14.5. The van der Waals surface area contributed by atoms with Gasteiger partial charge in [0.05, 0.1) is 13.2 Å². The molecule has 0 fully saturated rings. The van der Waals surface area contributed by atoms with Crippen LogP contribution in [0.3, 0.4) is 0 Å². The summed E-state index contributed by atoms with van der Waals surface area (Å²) in [6, 6.07) is 8.96. The van der Waals surface area contributed by atoms with E-state index in [0.29, 0.717) is 5.56 Å². The molecule has 0 heterocycles. The average Bonchev–Trinajstić information content (AvgIpc) is 2.38. The molecule has 1 atom stereocenters. The second-order valence-electron chi connectivity index (χ2n) is 4.65. The summed E-state index contributed by atoms with van der Waals surface area (Å²) in [6.45, 7) is 1.93. The van der Waals surface area contributed by atoms with Gasteiger partial charge in [0.2, 0.25) is 0 Å². The molecule has 20 heavy (non-hydrogen) atoms. The first-order valence-electron chi connectivity index (χ1n) is 6.33. The molecule has 0 aliphatic rings. The summed E-state index contributed by atoms with van der Waals surface area (Å²) in [4.78, 5) is 0. The van der Waals surface area contributed by atoms with Crippen LogP contribution in [0, 0.1) is 18.6 Å². The van der Waals surface area contributed by atoms with Gasteiger partial charge in [0, 0.05) is 6.07 Å². The maximum Gasteiger partial charge on any atom is 0.126 e. The van der Waals surface area contributed by atoms with Crippen LogP contribution in [0.5, 0.6) is 5.75 Å². The number of hydrogen-bond donors (Lipinski definition) is 1. The number of halogens is 2. The maximum atomic E-state index is 13.4. The number of rotatable bonds is 4. The van der Waals surface area contributed by atoms with Crippen molar-refractivity contribution in [1.82, 2.24) is 5.32 Å². The molecule has 2 aromatic rings. The van der Waals surface area contributed by atoms with Gasteiger partial charge >= 0.3 is 0 Å². The predicted molar refractivity (Wildman–Crippen MR) is 75.0 cm³/mol. The molecule has 0 saturated heterocycles. The third-order valence-corrected chi connectivity index (χ3v) is 3.26. The second kappa shape index (κ2) is 6.01. The smallest absolute Gasteiger partial charge is 0.126 e. The normalized spacial score (nSPS) is 12.2. The first-order valence-corrected chi connectivity index (χ1v) is 6.33. The van der Waals surface area contributed by atoms with Crippen molar-refractivity contribution >= 4 is 0 Å². The summed E-state index contributed by atoms with van der Waals surface area (Å²) in [5.74, 6) is -0.370. The molecular weight excluding hydrogens is 260 g/mol. The SMILES string of the molecule is CNC(c1cc(F)cc(F)c1)c1ccc(OC)c(C)c1. The molecule has 0 aliphatic carbocycles.